The van der Waals surface area contributed by atoms with E-state index < -0.39 is 0 Å². The number of benzene rings is 1. The summed E-state index contributed by atoms with van der Waals surface area (Å²) in [7, 11) is 0. The van der Waals surface area contributed by atoms with Gasteiger partial charge in [-0.1, -0.05) is 56.8 Å². The number of allylic oxidation sites excluding steroid dienone is 2. The van der Waals surface area contributed by atoms with Crippen LogP contribution in [-0.4, -0.2) is 24.6 Å². The molecule has 0 spiro atoms. The first-order valence-electron chi connectivity index (χ1n) is 8.28. The second-order valence-corrected chi connectivity index (χ2v) is 6.37. The maximum Gasteiger partial charge on any atom is 0.140 e. The molecular formula is C20H27Cl2NO. The van der Waals surface area contributed by atoms with E-state index in [1.54, 1.807) is 0 Å². The molecule has 1 aromatic carbocycles. The summed E-state index contributed by atoms with van der Waals surface area (Å²) in [6.07, 6.45) is 1.88. The van der Waals surface area contributed by atoms with Gasteiger partial charge in [-0.25, -0.2) is 0 Å². The summed E-state index contributed by atoms with van der Waals surface area (Å²) in [5.74, 6) is 0.550. The third-order valence-electron chi connectivity index (χ3n) is 3.94. The zero-order chi connectivity index (χ0) is 18.3. The molecule has 0 aliphatic carbocycles. The molecule has 1 rings (SSSR count). The molecule has 0 heterocycles. The Morgan fingerprint density at radius 1 is 1.08 bits per heavy atom. The first-order valence-corrected chi connectivity index (χ1v) is 9.03. The number of hydrogen-bond acceptors (Lipinski definition) is 2. The maximum atomic E-state index is 6.40. The molecule has 0 aliphatic rings. The van der Waals surface area contributed by atoms with Gasteiger partial charge in [0.15, 0.2) is 0 Å². The molecule has 0 aromatic heterocycles. The van der Waals surface area contributed by atoms with Crippen molar-refractivity contribution in [2.45, 2.75) is 33.6 Å². The summed E-state index contributed by atoms with van der Waals surface area (Å²) in [6.45, 7) is 20.7. The molecule has 0 fully saturated rings. The molecule has 24 heavy (non-hydrogen) atoms. The normalized spacial score (nSPS) is 10.4. The van der Waals surface area contributed by atoms with Crippen molar-refractivity contribution in [1.29, 1.82) is 0 Å². The largest absolute Gasteiger partial charge is 0.486 e. The van der Waals surface area contributed by atoms with Crippen molar-refractivity contribution < 1.29 is 4.74 Å². The molecular weight excluding hydrogens is 341 g/mol. The number of rotatable bonds is 10. The van der Waals surface area contributed by atoms with E-state index in [-0.39, 0.29) is 0 Å². The molecule has 0 aliphatic heterocycles. The van der Waals surface area contributed by atoms with E-state index >= 15 is 0 Å². The summed E-state index contributed by atoms with van der Waals surface area (Å²) >= 11 is 12.8. The molecule has 132 valence electrons. The Labute approximate surface area is 156 Å². The lowest BCUT2D eigenvalue weighted by Crippen LogP contribution is -2.26. The second-order valence-electron chi connectivity index (χ2n) is 5.61. The summed E-state index contributed by atoms with van der Waals surface area (Å²) in [5, 5.41) is 0.839. The van der Waals surface area contributed by atoms with E-state index in [1.165, 1.54) is 0 Å². The van der Waals surface area contributed by atoms with Gasteiger partial charge in [-0.3, -0.25) is 0 Å². The minimum Gasteiger partial charge on any atom is -0.486 e. The number of likely N-dealkylation sites (N-methyl/N-ethyl adjacent to an activating group) is 1. The minimum atomic E-state index is 0.381. The highest BCUT2D eigenvalue weighted by atomic mass is 35.5. The fraction of sp³-hybridized carbons (Fsp3) is 0.400. The minimum absolute atomic E-state index is 0.381. The van der Waals surface area contributed by atoms with Crippen LogP contribution in [0.2, 0.25) is 10.0 Å². The Balaban J connectivity index is 2.88. The van der Waals surface area contributed by atoms with E-state index in [9.17, 15) is 0 Å². The van der Waals surface area contributed by atoms with Crippen LogP contribution >= 0.6 is 23.2 Å². The molecule has 0 N–H and O–H groups in total. The highest BCUT2D eigenvalue weighted by molar-refractivity contribution is 6.44. The van der Waals surface area contributed by atoms with Crippen LogP contribution in [-0.2, 0) is 0 Å². The fourth-order valence-electron chi connectivity index (χ4n) is 2.34. The number of hydrogen-bond donors (Lipinski definition) is 0. The van der Waals surface area contributed by atoms with Crippen molar-refractivity contribution >= 4 is 28.8 Å². The molecule has 0 saturated heterocycles. The van der Waals surface area contributed by atoms with Crippen molar-refractivity contribution in [2.75, 3.05) is 19.7 Å². The van der Waals surface area contributed by atoms with Crippen molar-refractivity contribution in [1.82, 2.24) is 4.90 Å². The van der Waals surface area contributed by atoms with Crippen LogP contribution in [0.1, 0.15) is 39.2 Å². The van der Waals surface area contributed by atoms with E-state index in [2.05, 4.69) is 38.5 Å². The summed E-state index contributed by atoms with van der Waals surface area (Å²) in [6, 6.07) is 3.69. The lowest BCUT2D eigenvalue weighted by molar-refractivity contribution is 0.273. The molecule has 0 radical (unpaired) electrons. The Kier molecular flexibility index (Phi) is 8.44. The van der Waals surface area contributed by atoms with Crippen molar-refractivity contribution in [3.05, 3.63) is 58.7 Å². The van der Waals surface area contributed by atoms with E-state index in [4.69, 9.17) is 27.9 Å². The van der Waals surface area contributed by atoms with Gasteiger partial charge in [-0.05, 0) is 43.0 Å². The van der Waals surface area contributed by atoms with E-state index in [0.717, 1.165) is 48.3 Å². The highest BCUT2D eigenvalue weighted by Crippen LogP contribution is 2.39. The molecule has 0 amide bonds. The summed E-state index contributed by atoms with van der Waals surface area (Å²) in [5.41, 5.74) is 3.47. The molecule has 0 unspecified atom stereocenters. The first kappa shape index (κ1) is 20.7. The third kappa shape index (κ3) is 5.06. The van der Waals surface area contributed by atoms with Gasteiger partial charge in [0.05, 0.1) is 5.02 Å². The average molecular weight is 368 g/mol. The zero-order valence-corrected chi connectivity index (χ0v) is 16.4. The van der Waals surface area contributed by atoms with Crippen LogP contribution < -0.4 is 4.74 Å². The van der Waals surface area contributed by atoms with Crippen LogP contribution in [0.3, 0.4) is 0 Å². The van der Waals surface area contributed by atoms with Gasteiger partial charge in [0.1, 0.15) is 17.4 Å². The lowest BCUT2D eigenvalue weighted by atomic mass is 9.99. The van der Waals surface area contributed by atoms with E-state index in [1.807, 2.05) is 19.1 Å². The van der Waals surface area contributed by atoms with Crippen LogP contribution in [0.5, 0.6) is 5.75 Å². The predicted octanol–water partition coefficient (Wildman–Crippen LogP) is 6.60. The number of halogens is 2. The van der Waals surface area contributed by atoms with Gasteiger partial charge < -0.3 is 9.64 Å². The zero-order valence-electron chi connectivity index (χ0n) is 14.9. The molecule has 0 bridgehead atoms. The van der Waals surface area contributed by atoms with Crippen molar-refractivity contribution in [2.24, 2.45) is 0 Å². The van der Waals surface area contributed by atoms with Crippen LogP contribution in [0.4, 0.5) is 0 Å². The summed E-state index contributed by atoms with van der Waals surface area (Å²) < 4.78 is 5.82. The van der Waals surface area contributed by atoms with E-state index in [0.29, 0.717) is 22.4 Å². The van der Waals surface area contributed by atoms with Gasteiger partial charge in [0.25, 0.3) is 0 Å². The number of nitrogens with zero attached hydrogens (tertiary/aromatic N) is 1. The quantitative estimate of drug-likeness (QED) is 0.432. The van der Waals surface area contributed by atoms with Gasteiger partial charge >= 0.3 is 0 Å². The predicted molar refractivity (Wildman–Crippen MR) is 107 cm³/mol. The molecule has 1 aromatic rings. The second kappa shape index (κ2) is 9.80. The number of ether oxygens (including phenoxy) is 1. The first-order chi connectivity index (χ1) is 11.4. The monoisotopic (exact) mass is 367 g/mol. The maximum absolute atomic E-state index is 6.40. The smallest absolute Gasteiger partial charge is 0.140 e. The Bertz CT molecular complexity index is 622. The van der Waals surface area contributed by atoms with Gasteiger partial charge in [-0.2, -0.15) is 0 Å². The lowest BCUT2D eigenvalue weighted by Gasteiger charge is -2.25. The van der Waals surface area contributed by atoms with Crippen molar-refractivity contribution in [3.63, 3.8) is 0 Å². The van der Waals surface area contributed by atoms with Gasteiger partial charge in [0.2, 0.25) is 0 Å². The topological polar surface area (TPSA) is 12.5 Å². The molecule has 4 heteroatoms. The van der Waals surface area contributed by atoms with Crippen LogP contribution in [0.15, 0.2) is 43.1 Å². The third-order valence-corrected chi connectivity index (χ3v) is 4.81. The van der Waals surface area contributed by atoms with Crippen molar-refractivity contribution in [3.8, 4) is 5.75 Å². The standard InChI is InChI=1S/C20H27Cl2NO/c1-7-12-23(9-3)15(5)13-24-18-11-10-17(19(21)20(18)22)16(6)14(4)8-2/h10-11H,4-9,12-13H2,1-3H3. The SMILES string of the molecule is C=C(CC)C(=C)c1ccc(OCC(=C)N(CC)CCC)c(Cl)c1Cl. The fourth-order valence-corrected chi connectivity index (χ4v) is 2.83. The Morgan fingerprint density at radius 2 is 1.75 bits per heavy atom. The Hall–Kier alpha value is -1.38. The van der Waals surface area contributed by atoms with Gasteiger partial charge in [0, 0.05) is 24.4 Å². The van der Waals surface area contributed by atoms with Crippen LogP contribution in [0, 0.1) is 0 Å². The summed E-state index contributed by atoms with van der Waals surface area (Å²) in [4.78, 5) is 2.19. The van der Waals surface area contributed by atoms with Crippen LogP contribution in [0.25, 0.3) is 5.57 Å². The average Bonchev–Trinajstić information content (AvgIpc) is 2.59. The Morgan fingerprint density at radius 3 is 2.29 bits per heavy atom. The molecule has 0 atom stereocenters. The molecule has 0 saturated carbocycles. The molecule has 2 nitrogen and oxygen atoms in total. The van der Waals surface area contributed by atoms with Gasteiger partial charge in [-0.15, -0.1) is 0 Å². The highest BCUT2D eigenvalue weighted by Gasteiger charge is 2.15.